The van der Waals surface area contributed by atoms with Crippen LogP contribution in [0.5, 0.6) is 5.88 Å². The molecule has 3 heterocycles. The maximum absolute atomic E-state index is 11.4. The van der Waals surface area contributed by atoms with Crippen LogP contribution >= 0.6 is 0 Å². The number of pyridine rings is 1. The number of likely N-dealkylation sites (tertiary alicyclic amines) is 1. The predicted octanol–water partition coefficient (Wildman–Crippen LogP) is 2.25. The number of fused-ring (bicyclic) bond motifs is 1. The van der Waals surface area contributed by atoms with Gasteiger partial charge in [0.2, 0.25) is 0 Å². The number of rotatable bonds is 5. The van der Waals surface area contributed by atoms with E-state index < -0.39 is 0 Å². The number of aliphatic imine (C=N–C) groups is 1. The maximum atomic E-state index is 11.4. The molecular formula is C20H23N5O2. The number of piperidine rings is 1. The Bertz CT molecular complexity index is 935. The monoisotopic (exact) mass is 365 g/mol. The van der Waals surface area contributed by atoms with Gasteiger partial charge in [0.05, 0.1) is 16.9 Å². The van der Waals surface area contributed by atoms with E-state index in [1.807, 2.05) is 24.4 Å². The fourth-order valence-electron chi connectivity index (χ4n) is 3.38. The molecule has 0 aromatic carbocycles. The van der Waals surface area contributed by atoms with Gasteiger partial charge < -0.3 is 10.5 Å². The first kappa shape index (κ1) is 17.5. The Morgan fingerprint density at radius 2 is 2.04 bits per heavy atom. The van der Waals surface area contributed by atoms with Gasteiger partial charge in [-0.25, -0.2) is 9.51 Å². The number of hydrogen-bond donors (Lipinski definition) is 1. The third kappa shape index (κ3) is 3.93. The van der Waals surface area contributed by atoms with Crippen LogP contribution in [0, 0.1) is 0 Å². The number of carbonyl (C=O) groups is 1. The number of aromatic nitrogens is 2. The molecule has 2 aromatic rings. The van der Waals surface area contributed by atoms with E-state index in [-0.39, 0.29) is 5.78 Å². The van der Waals surface area contributed by atoms with Crippen LogP contribution in [0.25, 0.3) is 5.52 Å². The van der Waals surface area contributed by atoms with Gasteiger partial charge in [-0.2, -0.15) is 0 Å². The van der Waals surface area contributed by atoms with E-state index in [9.17, 15) is 4.79 Å². The number of allylic oxidation sites excluding steroid dienone is 3. The van der Waals surface area contributed by atoms with Crippen molar-refractivity contribution in [3.8, 4) is 5.88 Å². The fraction of sp³-hybridized carbons (Fsp3) is 0.350. The van der Waals surface area contributed by atoms with Crippen LogP contribution in [0.2, 0.25) is 0 Å². The highest BCUT2D eigenvalue weighted by atomic mass is 16.5. The SMILES string of the molecule is NC1=CC(=O)C=C/C1=N\c1c(OCCN2CCCCC2)nn2ccccc12. The lowest BCUT2D eigenvalue weighted by molar-refractivity contribution is -0.110. The summed E-state index contributed by atoms with van der Waals surface area (Å²) < 4.78 is 7.73. The summed E-state index contributed by atoms with van der Waals surface area (Å²) in [6.07, 6.45) is 10.1. The highest BCUT2D eigenvalue weighted by Gasteiger charge is 2.17. The van der Waals surface area contributed by atoms with Crippen molar-refractivity contribution in [2.45, 2.75) is 19.3 Å². The maximum Gasteiger partial charge on any atom is 0.260 e. The number of ketones is 1. The second-order valence-electron chi connectivity index (χ2n) is 6.77. The van der Waals surface area contributed by atoms with Crippen LogP contribution in [0.15, 0.2) is 53.3 Å². The number of hydrogen-bond acceptors (Lipinski definition) is 6. The van der Waals surface area contributed by atoms with E-state index in [1.54, 1.807) is 10.6 Å². The first-order chi connectivity index (χ1) is 13.2. The molecule has 4 rings (SSSR count). The lowest BCUT2D eigenvalue weighted by Gasteiger charge is -2.25. The Labute approximate surface area is 157 Å². The number of ether oxygens (including phenoxy) is 1. The number of nitrogens with zero attached hydrogens (tertiary/aromatic N) is 4. The number of nitrogens with two attached hydrogens (primary N) is 1. The molecular weight excluding hydrogens is 342 g/mol. The van der Waals surface area contributed by atoms with Crippen molar-refractivity contribution in [3.63, 3.8) is 0 Å². The van der Waals surface area contributed by atoms with E-state index in [0.29, 0.717) is 29.6 Å². The Balaban J connectivity index is 1.59. The van der Waals surface area contributed by atoms with Crippen LogP contribution in [0.4, 0.5) is 5.69 Å². The molecule has 7 nitrogen and oxygen atoms in total. The van der Waals surface area contributed by atoms with Crippen molar-refractivity contribution in [1.29, 1.82) is 0 Å². The third-order valence-corrected chi connectivity index (χ3v) is 4.81. The fourth-order valence-corrected chi connectivity index (χ4v) is 3.38. The van der Waals surface area contributed by atoms with E-state index in [4.69, 9.17) is 10.5 Å². The van der Waals surface area contributed by atoms with Crippen molar-refractivity contribution < 1.29 is 9.53 Å². The Kier molecular flexibility index (Phi) is 5.02. The zero-order chi connectivity index (χ0) is 18.6. The molecule has 1 saturated heterocycles. The minimum atomic E-state index is -0.135. The van der Waals surface area contributed by atoms with Crippen molar-refractivity contribution in [2.24, 2.45) is 10.7 Å². The molecule has 0 bridgehead atoms. The van der Waals surface area contributed by atoms with Crippen LogP contribution in [-0.2, 0) is 4.79 Å². The summed E-state index contributed by atoms with van der Waals surface area (Å²) >= 11 is 0. The molecule has 2 N–H and O–H groups in total. The van der Waals surface area contributed by atoms with Crippen molar-refractivity contribution in [3.05, 3.63) is 48.3 Å². The summed E-state index contributed by atoms with van der Waals surface area (Å²) in [5, 5.41) is 4.52. The minimum absolute atomic E-state index is 0.135. The molecule has 0 spiro atoms. The Hall–Kier alpha value is -2.93. The lowest BCUT2D eigenvalue weighted by atomic mass is 10.1. The third-order valence-electron chi connectivity index (χ3n) is 4.81. The van der Waals surface area contributed by atoms with E-state index in [1.165, 1.54) is 31.4 Å². The zero-order valence-corrected chi connectivity index (χ0v) is 15.2. The second kappa shape index (κ2) is 7.75. The van der Waals surface area contributed by atoms with E-state index in [0.717, 1.165) is 25.2 Å². The summed E-state index contributed by atoms with van der Waals surface area (Å²) in [7, 11) is 0. The molecule has 7 heteroatoms. The average Bonchev–Trinajstić information content (AvgIpc) is 3.02. The first-order valence-electron chi connectivity index (χ1n) is 9.31. The topological polar surface area (TPSA) is 85.2 Å². The zero-order valence-electron chi connectivity index (χ0n) is 15.2. The first-order valence-corrected chi connectivity index (χ1v) is 9.31. The summed E-state index contributed by atoms with van der Waals surface area (Å²) in [4.78, 5) is 18.5. The molecule has 0 amide bonds. The molecule has 2 aliphatic rings. The molecule has 1 fully saturated rings. The summed E-state index contributed by atoms with van der Waals surface area (Å²) in [5.41, 5.74) is 8.30. The van der Waals surface area contributed by atoms with Gasteiger partial charge in [-0.05, 0) is 50.2 Å². The smallest absolute Gasteiger partial charge is 0.260 e. The van der Waals surface area contributed by atoms with Crippen LogP contribution in [-0.4, -0.2) is 52.3 Å². The Morgan fingerprint density at radius 3 is 2.85 bits per heavy atom. The normalized spacial score (nSPS) is 19.6. The van der Waals surface area contributed by atoms with Crippen LogP contribution in [0.1, 0.15) is 19.3 Å². The van der Waals surface area contributed by atoms with Gasteiger partial charge in [0, 0.05) is 18.8 Å². The van der Waals surface area contributed by atoms with Gasteiger partial charge in [0.25, 0.3) is 5.88 Å². The molecule has 0 saturated carbocycles. The number of carbonyl (C=O) groups excluding carboxylic acids is 1. The molecule has 0 radical (unpaired) electrons. The van der Waals surface area contributed by atoms with Crippen LogP contribution < -0.4 is 10.5 Å². The van der Waals surface area contributed by atoms with Gasteiger partial charge in [0.1, 0.15) is 6.61 Å². The summed E-state index contributed by atoms with van der Waals surface area (Å²) in [6, 6.07) is 5.76. The quantitative estimate of drug-likeness (QED) is 0.822. The molecule has 140 valence electrons. The predicted molar refractivity (Wildman–Crippen MR) is 104 cm³/mol. The van der Waals surface area contributed by atoms with Gasteiger partial charge in [-0.1, -0.05) is 12.5 Å². The summed E-state index contributed by atoms with van der Waals surface area (Å²) in [5.74, 6) is 0.341. The molecule has 2 aromatic heterocycles. The van der Waals surface area contributed by atoms with Crippen molar-refractivity contribution in [1.82, 2.24) is 14.5 Å². The van der Waals surface area contributed by atoms with Crippen molar-refractivity contribution >= 4 is 22.7 Å². The molecule has 1 aliphatic carbocycles. The largest absolute Gasteiger partial charge is 0.474 e. The second-order valence-corrected chi connectivity index (χ2v) is 6.77. The standard InChI is InChI=1S/C20H23N5O2/c21-16-14-15(26)7-8-17(16)22-19-18-6-2-5-11-25(18)23-20(19)27-13-12-24-9-3-1-4-10-24/h2,5-8,11,14H,1,3-4,9-10,12-13,21H2/b22-17+. The summed E-state index contributed by atoms with van der Waals surface area (Å²) in [6.45, 7) is 3.69. The lowest BCUT2D eigenvalue weighted by Crippen LogP contribution is -2.33. The molecule has 0 unspecified atom stereocenters. The molecule has 27 heavy (non-hydrogen) atoms. The van der Waals surface area contributed by atoms with E-state index >= 15 is 0 Å². The van der Waals surface area contributed by atoms with Gasteiger partial charge in [0.15, 0.2) is 11.5 Å². The highest BCUT2D eigenvalue weighted by Crippen LogP contribution is 2.32. The van der Waals surface area contributed by atoms with E-state index in [2.05, 4.69) is 15.0 Å². The minimum Gasteiger partial charge on any atom is -0.474 e. The molecule has 1 aliphatic heterocycles. The van der Waals surface area contributed by atoms with Crippen LogP contribution in [0.3, 0.4) is 0 Å². The van der Waals surface area contributed by atoms with Gasteiger partial charge >= 0.3 is 0 Å². The Morgan fingerprint density at radius 1 is 1.19 bits per heavy atom. The van der Waals surface area contributed by atoms with Gasteiger partial charge in [-0.3, -0.25) is 9.69 Å². The van der Waals surface area contributed by atoms with Crippen molar-refractivity contribution in [2.75, 3.05) is 26.2 Å². The van der Waals surface area contributed by atoms with Gasteiger partial charge in [-0.15, -0.1) is 5.10 Å². The molecule has 0 atom stereocenters. The average molecular weight is 365 g/mol. The highest BCUT2D eigenvalue weighted by molar-refractivity contribution is 6.20.